The lowest BCUT2D eigenvalue weighted by Gasteiger charge is -2.21. The van der Waals surface area contributed by atoms with Crippen molar-refractivity contribution in [3.8, 4) is 0 Å². The van der Waals surface area contributed by atoms with Gasteiger partial charge >= 0.3 is 39.5 Å². The highest BCUT2D eigenvalue weighted by atomic mass is 31.2. The molecular weight excluding hydrogens is 1320 g/mol. The van der Waals surface area contributed by atoms with Crippen molar-refractivity contribution in [1.29, 1.82) is 0 Å². The molecule has 0 aliphatic carbocycles. The van der Waals surface area contributed by atoms with Gasteiger partial charge in [0.15, 0.2) is 12.2 Å². The highest BCUT2D eigenvalue weighted by Gasteiger charge is 2.30. The van der Waals surface area contributed by atoms with E-state index in [-0.39, 0.29) is 25.7 Å². The molecule has 0 aromatic carbocycles. The second kappa shape index (κ2) is 76.3. The lowest BCUT2D eigenvalue weighted by atomic mass is 10.0. The van der Waals surface area contributed by atoms with Gasteiger partial charge in [-0.3, -0.25) is 37.3 Å². The third-order valence-corrected chi connectivity index (χ3v) is 21.3. The first-order chi connectivity index (χ1) is 49.2. The molecule has 0 rings (SSSR count). The van der Waals surface area contributed by atoms with Gasteiger partial charge in [-0.25, -0.2) is 9.13 Å². The van der Waals surface area contributed by atoms with Crippen LogP contribution in [0.5, 0.6) is 0 Å². The number of phosphoric ester groups is 2. The van der Waals surface area contributed by atoms with E-state index >= 15 is 0 Å². The van der Waals surface area contributed by atoms with Crippen LogP contribution in [0.1, 0.15) is 445 Å². The Labute approximate surface area is 619 Å². The first-order valence-electron chi connectivity index (χ1n) is 42.8. The summed E-state index contributed by atoms with van der Waals surface area (Å²) >= 11 is 0. The predicted molar refractivity (Wildman–Crippen MR) is 414 cm³/mol. The van der Waals surface area contributed by atoms with Crippen LogP contribution in [0.4, 0.5) is 0 Å². The van der Waals surface area contributed by atoms with Gasteiger partial charge in [0.05, 0.1) is 26.4 Å². The number of ether oxygens (including phenoxy) is 4. The Balaban J connectivity index is 5.19. The van der Waals surface area contributed by atoms with E-state index < -0.39 is 97.5 Å². The third-order valence-electron chi connectivity index (χ3n) is 19.4. The topological polar surface area (TPSA) is 237 Å². The number of hydrogen-bond acceptors (Lipinski definition) is 15. The number of unbranched alkanes of at least 4 members (excludes halogenated alkanes) is 57. The van der Waals surface area contributed by atoms with Gasteiger partial charge in [-0.1, -0.05) is 394 Å². The minimum atomic E-state index is -4.96. The molecule has 0 amide bonds. The van der Waals surface area contributed by atoms with Crippen LogP contribution in [0.3, 0.4) is 0 Å². The minimum absolute atomic E-state index is 0.108. The highest BCUT2D eigenvalue weighted by Crippen LogP contribution is 2.45. The van der Waals surface area contributed by atoms with E-state index in [1.54, 1.807) is 0 Å². The molecule has 0 aliphatic heterocycles. The number of carbonyl (C=O) groups excluding carboxylic acids is 4. The van der Waals surface area contributed by atoms with Gasteiger partial charge in [0.2, 0.25) is 0 Å². The molecule has 0 spiro atoms. The number of carbonyl (C=O) groups is 4. The molecule has 0 saturated carbocycles. The first kappa shape index (κ1) is 99.1. The van der Waals surface area contributed by atoms with E-state index in [2.05, 4.69) is 27.7 Å². The van der Waals surface area contributed by atoms with Crippen molar-refractivity contribution in [2.75, 3.05) is 39.6 Å². The molecule has 0 aromatic rings. The zero-order valence-corrected chi connectivity index (χ0v) is 67.7. The van der Waals surface area contributed by atoms with E-state index in [0.717, 1.165) is 89.9 Å². The Bertz CT molecular complexity index is 1910. The third kappa shape index (κ3) is 76.1. The summed E-state index contributed by atoms with van der Waals surface area (Å²) < 4.78 is 68.7. The highest BCUT2D eigenvalue weighted by molar-refractivity contribution is 7.47. The molecule has 3 N–H and O–H groups in total. The molecule has 101 heavy (non-hydrogen) atoms. The van der Waals surface area contributed by atoms with E-state index in [0.29, 0.717) is 25.7 Å². The van der Waals surface area contributed by atoms with Crippen LogP contribution in [0.15, 0.2) is 0 Å². The predicted octanol–water partition coefficient (Wildman–Crippen LogP) is 25.0. The van der Waals surface area contributed by atoms with Crippen LogP contribution >= 0.6 is 15.6 Å². The van der Waals surface area contributed by atoms with Gasteiger partial charge in [0.1, 0.15) is 19.3 Å². The molecule has 0 aliphatic rings. The molecule has 0 heterocycles. The van der Waals surface area contributed by atoms with Gasteiger partial charge in [-0.2, -0.15) is 0 Å². The Kier molecular flexibility index (Phi) is 74.8. The SMILES string of the molecule is CCCCCCCCCCCCCCCCCCCCCCC(=O)OC[C@H](COP(=O)(O)OC[C@@H](O)COP(=O)(O)OC[C@@H](COC(=O)CCCCCCCCCCCC)OC(=O)CCCCCCCCCCCCC)OC(=O)CCCCCCCCCCCCCCCCCCCCCC. The van der Waals surface area contributed by atoms with Crippen molar-refractivity contribution >= 4 is 39.5 Å². The first-order valence-corrected chi connectivity index (χ1v) is 45.8. The fourth-order valence-electron chi connectivity index (χ4n) is 12.8. The summed E-state index contributed by atoms with van der Waals surface area (Å²) in [6.07, 6.45) is 69.5. The number of phosphoric acid groups is 2. The fourth-order valence-corrected chi connectivity index (χ4v) is 14.4. The number of esters is 4. The number of aliphatic hydroxyl groups excluding tert-OH is 1. The van der Waals surface area contributed by atoms with Crippen LogP contribution in [-0.2, 0) is 65.4 Å². The van der Waals surface area contributed by atoms with Crippen LogP contribution in [0, 0.1) is 0 Å². The van der Waals surface area contributed by atoms with Crippen molar-refractivity contribution in [2.45, 2.75) is 463 Å². The van der Waals surface area contributed by atoms with Crippen molar-refractivity contribution in [3.63, 3.8) is 0 Å². The van der Waals surface area contributed by atoms with E-state index in [9.17, 15) is 43.2 Å². The normalized spacial score (nSPS) is 13.8. The van der Waals surface area contributed by atoms with Gasteiger partial charge in [0, 0.05) is 25.7 Å². The Morgan fingerprint density at radius 2 is 0.396 bits per heavy atom. The largest absolute Gasteiger partial charge is 0.472 e. The quantitative estimate of drug-likeness (QED) is 0.0222. The Morgan fingerprint density at radius 3 is 0.584 bits per heavy atom. The van der Waals surface area contributed by atoms with Crippen LogP contribution in [0.25, 0.3) is 0 Å². The molecule has 2 unspecified atom stereocenters. The summed E-state index contributed by atoms with van der Waals surface area (Å²) in [7, 11) is -9.91. The van der Waals surface area contributed by atoms with Crippen LogP contribution in [-0.4, -0.2) is 96.7 Å². The van der Waals surface area contributed by atoms with E-state index in [1.807, 2.05) is 0 Å². The Morgan fingerprint density at radius 1 is 0.238 bits per heavy atom. The molecule has 5 atom stereocenters. The molecule has 17 nitrogen and oxygen atoms in total. The zero-order valence-electron chi connectivity index (χ0n) is 65.9. The average molecular weight is 1480 g/mol. The molecule has 600 valence electrons. The molecule has 19 heteroatoms. The van der Waals surface area contributed by atoms with E-state index in [1.165, 1.54) is 276 Å². The lowest BCUT2D eigenvalue weighted by molar-refractivity contribution is -0.161. The molecule has 0 fully saturated rings. The molecule has 0 saturated heterocycles. The van der Waals surface area contributed by atoms with Crippen molar-refractivity contribution in [2.24, 2.45) is 0 Å². The summed E-state index contributed by atoms with van der Waals surface area (Å²) in [5, 5.41) is 10.6. The number of hydrogen-bond donors (Lipinski definition) is 3. The van der Waals surface area contributed by atoms with E-state index in [4.69, 9.17) is 37.0 Å². The monoisotopic (exact) mass is 1480 g/mol. The standard InChI is InChI=1S/C82H160O17P2/c1-5-9-13-17-21-25-29-31-33-35-37-39-41-43-45-48-51-55-59-63-67-80(85)93-73-78(99-82(87)69-65-61-57-53-49-46-44-42-40-38-36-34-32-30-26-22-18-14-10-6-2)75-97-101(90,91)95-71-76(83)70-94-100(88,89)96-74-77(72-92-79(84)66-62-58-54-50-28-24-20-16-12-8-4)98-81(86)68-64-60-56-52-47-27-23-19-15-11-7-3/h76-78,83H,5-75H2,1-4H3,(H,88,89)(H,90,91)/t76-,77+,78+/m0/s1. The number of rotatable bonds is 83. The molecular formula is C82H160O17P2. The summed E-state index contributed by atoms with van der Waals surface area (Å²) in [4.78, 5) is 73.0. The van der Waals surface area contributed by atoms with Crippen molar-refractivity contribution < 1.29 is 80.2 Å². The summed E-state index contributed by atoms with van der Waals surface area (Å²) in [5.74, 6) is -2.10. The maximum atomic E-state index is 13.1. The Hall–Kier alpha value is -1.94. The van der Waals surface area contributed by atoms with Gasteiger partial charge in [-0.05, 0) is 25.7 Å². The van der Waals surface area contributed by atoms with Crippen molar-refractivity contribution in [3.05, 3.63) is 0 Å². The van der Waals surface area contributed by atoms with Crippen LogP contribution in [0.2, 0.25) is 0 Å². The molecule has 0 aromatic heterocycles. The minimum Gasteiger partial charge on any atom is -0.462 e. The maximum absolute atomic E-state index is 13.1. The fraction of sp³-hybridized carbons (Fsp3) is 0.951. The van der Waals surface area contributed by atoms with Gasteiger partial charge < -0.3 is 33.8 Å². The zero-order chi connectivity index (χ0) is 73.9. The molecule has 0 bridgehead atoms. The smallest absolute Gasteiger partial charge is 0.462 e. The van der Waals surface area contributed by atoms with Crippen molar-refractivity contribution in [1.82, 2.24) is 0 Å². The van der Waals surface area contributed by atoms with Crippen LogP contribution < -0.4 is 0 Å². The second-order valence-corrected chi connectivity index (χ2v) is 32.4. The maximum Gasteiger partial charge on any atom is 0.472 e. The van der Waals surface area contributed by atoms with Gasteiger partial charge in [0.25, 0.3) is 0 Å². The summed E-state index contributed by atoms with van der Waals surface area (Å²) in [6.45, 7) is 5.01. The summed E-state index contributed by atoms with van der Waals surface area (Å²) in [5.41, 5.74) is 0. The van der Waals surface area contributed by atoms with Gasteiger partial charge in [-0.15, -0.1) is 0 Å². The summed E-state index contributed by atoms with van der Waals surface area (Å²) in [6, 6.07) is 0. The molecule has 0 radical (unpaired) electrons. The lowest BCUT2D eigenvalue weighted by Crippen LogP contribution is -2.30. The average Bonchev–Trinajstić information content (AvgIpc) is 0.986. The second-order valence-electron chi connectivity index (χ2n) is 29.5. The number of aliphatic hydroxyl groups is 1.